The molecule has 112 valence electrons. The molecule has 0 saturated heterocycles. The van der Waals surface area contributed by atoms with Crippen LogP contribution in [-0.4, -0.2) is 53.3 Å². The molecule has 20 heavy (non-hydrogen) atoms. The van der Waals surface area contributed by atoms with Crippen LogP contribution in [0.1, 0.15) is 13.8 Å². The maximum Gasteiger partial charge on any atom is 0.238 e. The molecular formula is C14H25N5O. The van der Waals surface area contributed by atoms with Crippen LogP contribution in [-0.2, 0) is 11.3 Å². The zero-order chi connectivity index (χ0) is 14.8. The van der Waals surface area contributed by atoms with Gasteiger partial charge in [0.15, 0.2) is 0 Å². The molecular weight excluding hydrogens is 254 g/mol. The number of nitrogens with one attached hydrogen (secondary N) is 2. The van der Waals surface area contributed by atoms with Gasteiger partial charge in [-0.05, 0) is 13.1 Å². The fraction of sp³-hybridized carbons (Fsp3) is 0.571. The van der Waals surface area contributed by atoms with E-state index in [1.165, 1.54) is 0 Å². The maximum absolute atomic E-state index is 11.6. The van der Waals surface area contributed by atoms with Gasteiger partial charge in [-0.3, -0.25) is 9.48 Å². The summed E-state index contributed by atoms with van der Waals surface area (Å²) in [6.07, 6.45) is 5.25. The Bertz CT molecular complexity index is 411. The second-order valence-corrected chi connectivity index (χ2v) is 4.49. The van der Waals surface area contributed by atoms with E-state index >= 15 is 0 Å². The van der Waals surface area contributed by atoms with Gasteiger partial charge in [-0.15, -0.1) is 6.58 Å². The number of anilines is 1. The van der Waals surface area contributed by atoms with Crippen LogP contribution < -0.4 is 10.6 Å². The van der Waals surface area contributed by atoms with Gasteiger partial charge >= 0.3 is 0 Å². The number of hydrogen-bond donors (Lipinski definition) is 2. The molecule has 0 aliphatic rings. The number of hydrogen-bond acceptors (Lipinski definition) is 4. The van der Waals surface area contributed by atoms with Gasteiger partial charge in [0.1, 0.15) is 0 Å². The highest BCUT2D eigenvalue weighted by Crippen LogP contribution is 2.04. The average Bonchev–Trinajstić information content (AvgIpc) is 2.88. The Kier molecular flexibility index (Phi) is 7.60. The van der Waals surface area contributed by atoms with Crippen molar-refractivity contribution in [3.05, 3.63) is 25.0 Å². The van der Waals surface area contributed by atoms with Crippen LogP contribution in [0.3, 0.4) is 0 Å². The summed E-state index contributed by atoms with van der Waals surface area (Å²) in [7, 11) is 0. The van der Waals surface area contributed by atoms with Gasteiger partial charge in [-0.2, -0.15) is 5.10 Å². The topological polar surface area (TPSA) is 62.2 Å². The van der Waals surface area contributed by atoms with Crippen LogP contribution in [0.4, 0.5) is 5.69 Å². The Hall–Kier alpha value is -1.66. The molecule has 0 atom stereocenters. The molecule has 0 radical (unpaired) electrons. The molecule has 0 fully saturated rings. The van der Waals surface area contributed by atoms with Crippen molar-refractivity contribution in [3.8, 4) is 0 Å². The minimum absolute atomic E-state index is 0.0739. The molecule has 0 bridgehead atoms. The predicted octanol–water partition coefficient (Wildman–Crippen LogP) is 0.939. The van der Waals surface area contributed by atoms with Crippen LogP contribution in [0, 0.1) is 0 Å². The lowest BCUT2D eigenvalue weighted by molar-refractivity contribution is -0.115. The van der Waals surface area contributed by atoms with E-state index in [0.29, 0.717) is 6.54 Å². The second-order valence-electron chi connectivity index (χ2n) is 4.49. The van der Waals surface area contributed by atoms with Crippen LogP contribution in [0.5, 0.6) is 0 Å². The van der Waals surface area contributed by atoms with Gasteiger partial charge in [-0.25, -0.2) is 0 Å². The van der Waals surface area contributed by atoms with Crippen molar-refractivity contribution in [2.75, 3.05) is 38.0 Å². The van der Waals surface area contributed by atoms with Gasteiger partial charge in [0.25, 0.3) is 0 Å². The molecule has 1 rings (SSSR count). The van der Waals surface area contributed by atoms with E-state index in [2.05, 4.69) is 41.1 Å². The summed E-state index contributed by atoms with van der Waals surface area (Å²) in [6, 6.07) is 0. The zero-order valence-corrected chi connectivity index (χ0v) is 12.4. The van der Waals surface area contributed by atoms with Gasteiger partial charge in [0.05, 0.1) is 25.0 Å². The van der Waals surface area contributed by atoms with Crippen LogP contribution in [0.25, 0.3) is 0 Å². The molecule has 1 amide bonds. The molecule has 6 nitrogen and oxygen atoms in total. The standard InChI is InChI=1S/C14H25N5O/c1-4-7-15-11-14(20)17-13-10-16-19(12-13)9-8-18(5-2)6-3/h4,10,12,15H,1,5-9,11H2,2-3H3,(H,17,20). The fourth-order valence-corrected chi connectivity index (χ4v) is 1.83. The second kappa shape index (κ2) is 9.28. The highest BCUT2D eigenvalue weighted by Gasteiger charge is 2.05. The smallest absolute Gasteiger partial charge is 0.238 e. The van der Waals surface area contributed by atoms with E-state index in [-0.39, 0.29) is 12.5 Å². The van der Waals surface area contributed by atoms with Crippen molar-refractivity contribution in [2.45, 2.75) is 20.4 Å². The summed E-state index contributed by atoms with van der Waals surface area (Å²) in [5.41, 5.74) is 0.731. The third kappa shape index (κ3) is 5.99. The molecule has 2 N–H and O–H groups in total. The van der Waals surface area contributed by atoms with E-state index in [9.17, 15) is 4.79 Å². The summed E-state index contributed by atoms with van der Waals surface area (Å²) >= 11 is 0. The van der Waals surface area contributed by atoms with E-state index in [1.54, 1.807) is 12.3 Å². The summed E-state index contributed by atoms with van der Waals surface area (Å²) in [6.45, 7) is 12.6. The Labute approximate surface area is 120 Å². The molecule has 0 aromatic carbocycles. The van der Waals surface area contributed by atoms with Crippen molar-refractivity contribution in [1.29, 1.82) is 0 Å². The number of rotatable bonds is 10. The Balaban J connectivity index is 2.35. The van der Waals surface area contributed by atoms with Crippen LogP contribution in [0.15, 0.2) is 25.0 Å². The minimum Gasteiger partial charge on any atom is -0.322 e. The van der Waals surface area contributed by atoms with Crippen LogP contribution >= 0.6 is 0 Å². The Morgan fingerprint density at radius 2 is 2.25 bits per heavy atom. The third-order valence-electron chi connectivity index (χ3n) is 3.03. The van der Waals surface area contributed by atoms with Crippen molar-refractivity contribution in [1.82, 2.24) is 20.0 Å². The molecule has 0 spiro atoms. The lowest BCUT2D eigenvalue weighted by atomic mass is 10.4. The molecule has 1 aromatic rings. The molecule has 1 aromatic heterocycles. The number of likely N-dealkylation sites (N-methyl/N-ethyl adjacent to an activating group) is 1. The summed E-state index contributed by atoms with van der Waals surface area (Å²) in [5, 5.41) is 10.0. The summed E-state index contributed by atoms with van der Waals surface area (Å²) in [4.78, 5) is 13.9. The summed E-state index contributed by atoms with van der Waals surface area (Å²) in [5.74, 6) is -0.0739. The van der Waals surface area contributed by atoms with E-state index < -0.39 is 0 Å². The molecule has 0 saturated carbocycles. The van der Waals surface area contributed by atoms with Gasteiger partial charge in [-0.1, -0.05) is 19.9 Å². The number of nitrogens with zero attached hydrogens (tertiary/aromatic N) is 3. The van der Waals surface area contributed by atoms with Crippen molar-refractivity contribution < 1.29 is 4.79 Å². The van der Waals surface area contributed by atoms with E-state index in [0.717, 1.165) is 31.9 Å². The largest absolute Gasteiger partial charge is 0.322 e. The quantitative estimate of drug-likeness (QED) is 0.494. The lowest BCUT2D eigenvalue weighted by Crippen LogP contribution is -2.28. The molecule has 1 heterocycles. The summed E-state index contributed by atoms with van der Waals surface area (Å²) < 4.78 is 1.85. The maximum atomic E-state index is 11.6. The molecule has 6 heteroatoms. The SMILES string of the molecule is C=CCNCC(=O)Nc1cnn(CCN(CC)CC)c1. The average molecular weight is 279 g/mol. The van der Waals surface area contributed by atoms with E-state index in [1.807, 2.05) is 10.9 Å². The number of amides is 1. The van der Waals surface area contributed by atoms with Crippen molar-refractivity contribution in [2.24, 2.45) is 0 Å². The highest BCUT2D eigenvalue weighted by molar-refractivity contribution is 5.91. The first-order valence-corrected chi connectivity index (χ1v) is 7.05. The first-order chi connectivity index (χ1) is 9.69. The number of carbonyl (C=O) groups excluding carboxylic acids is 1. The van der Waals surface area contributed by atoms with Gasteiger partial charge < -0.3 is 15.5 Å². The number of aromatic nitrogens is 2. The molecule has 0 aliphatic carbocycles. The molecule has 0 aliphatic heterocycles. The van der Waals surface area contributed by atoms with Gasteiger partial charge in [0, 0.05) is 19.3 Å². The predicted molar refractivity (Wildman–Crippen MR) is 81.7 cm³/mol. The van der Waals surface area contributed by atoms with Crippen LogP contribution in [0.2, 0.25) is 0 Å². The first-order valence-electron chi connectivity index (χ1n) is 7.05. The first kappa shape index (κ1) is 16.4. The fourth-order valence-electron chi connectivity index (χ4n) is 1.83. The Morgan fingerprint density at radius 3 is 2.90 bits per heavy atom. The van der Waals surface area contributed by atoms with E-state index in [4.69, 9.17) is 0 Å². The normalized spacial score (nSPS) is 10.8. The lowest BCUT2D eigenvalue weighted by Gasteiger charge is -2.17. The van der Waals surface area contributed by atoms with Crippen molar-refractivity contribution in [3.63, 3.8) is 0 Å². The number of carbonyl (C=O) groups is 1. The van der Waals surface area contributed by atoms with Gasteiger partial charge in [0.2, 0.25) is 5.91 Å². The third-order valence-corrected chi connectivity index (χ3v) is 3.03. The minimum atomic E-state index is -0.0739. The Morgan fingerprint density at radius 1 is 1.50 bits per heavy atom. The van der Waals surface area contributed by atoms with Crippen molar-refractivity contribution >= 4 is 11.6 Å². The highest BCUT2D eigenvalue weighted by atomic mass is 16.1. The molecule has 0 unspecified atom stereocenters. The zero-order valence-electron chi connectivity index (χ0n) is 12.4. The monoisotopic (exact) mass is 279 g/mol.